The molecule has 0 saturated heterocycles. The molecule has 0 aliphatic heterocycles. The Balaban J connectivity index is 1.74. The number of aliphatic carboxylic acids is 1. The maximum atomic E-state index is 10.7. The summed E-state index contributed by atoms with van der Waals surface area (Å²) in [6.07, 6.45) is -0.860. The summed E-state index contributed by atoms with van der Waals surface area (Å²) in [5.41, 5.74) is 1.06. The Bertz CT molecular complexity index is 843. The van der Waals surface area contributed by atoms with Crippen LogP contribution in [0.5, 0.6) is 17.6 Å². The summed E-state index contributed by atoms with van der Waals surface area (Å²) in [7, 11) is 0. The number of carbonyl (C=O) groups is 1. The van der Waals surface area contributed by atoms with Crippen molar-refractivity contribution in [3.63, 3.8) is 0 Å². The molecule has 1 N–H and O–H groups in total. The van der Waals surface area contributed by atoms with Crippen LogP contribution in [0.1, 0.15) is 6.92 Å². The second kappa shape index (κ2) is 6.18. The van der Waals surface area contributed by atoms with Crippen molar-refractivity contribution >= 4 is 28.7 Å². The topological polar surface area (TPSA) is 81.8 Å². The first-order valence-electron chi connectivity index (χ1n) is 6.75. The standard InChI is InChI=1S/C16H12ClNO5/c1-9(15(19)20)21-10-5-7-11(8-6-10)22-16-18-13-4-2-3-12(17)14(13)23-16/h2-9H,1H3,(H,19,20). The molecule has 0 radical (unpaired) electrons. The lowest BCUT2D eigenvalue weighted by Crippen LogP contribution is -2.22. The molecule has 0 aliphatic carbocycles. The van der Waals surface area contributed by atoms with E-state index in [0.717, 1.165) is 0 Å². The second-order valence-corrected chi connectivity index (χ2v) is 5.15. The van der Waals surface area contributed by atoms with Crippen LogP contribution in [-0.2, 0) is 4.79 Å². The summed E-state index contributed by atoms with van der Waals surface area (Å²) in [4.78, 5) is 14.9. The maximum absolute atomic E-state index is 10.7. The molecule has 3 aromatic rings. The van der Waals surface area contributed by atoms with E-state index in [4.69, 9.17) is 30.6 Å². The Morgan fingerprint density at radius 3 is 2.57 bits per heavy atom. The number of carboxylic acids is 1. The molecule has 0 spiro atoms. The molecule has 2 aromatic carbocycles. The zero-order chi connectivity index (χ0) is 16.4. The van der Waals surface area contributed by atoms with Gasteiger partial charge in [-0.1, -0.05) is 17.7 Å². The molecule has 0 fully saturated rings. The first kappa shape index (κ1) is 15.2. The Kier molecular flexibility index (Phi) is 4.08. The number of ether oxygens (including phenoxy) is 2. The van der Waals surface area contributed by atoms with Gasteiger partial charge in [0.15, 0.2) is 11.7 Å². The molecule has 1 heterocycles. The van der Waals surface area contributed by atoms with E-state index in [1.165, 1.54) is 6.92 Å². The van der Waals surface area contributed by atoms with E-state index in [-0.39, 0.29) is 6.08 Å². The molecule has 0 bridgehead atoms. The van der Waals surface area contributed by atoms with Gasteiger partial charge in [0.05, 0.1) is 5.02 Å². The number of oxazole rings is 1. The van der Waals surface area contributed by atoms with Crippen LogP contribution in [-0.4, -0.2) is 22.2 Å². The van der Waals surface area contributed by atoms with Crippen LogP contribution >= 0.6 is 11.6 Å². The smallest absolute Gasteiger partial charge is 0.400 e. The van der Waals surface area contributed by atoms with Gasteiger partial charge in [0.25, 0.3) is 0 Å². The molecule has 0 saturated carbocycles. The first-order chi connectivity index (χ1) is 11.0. The van der Waals surface area contributed by atoms with Crippen molar-refractivity contribution in [3.05, 3.63) is 47.5 Å². The Labute approximate surface area is 136 Å². The monoisotopic (exact) mass is 333 g/mol. The average Bonchev–Trinajstić information content (AvgIpc) is 2.93. The second-order valence-electron chi connectivity index (χ2n) is 4.74. The van der Waals surface area contributed by atoms with Crippen LogP contribution in [0.2, 0.25) is 5.02 Å². The van der Waals surface area contributed by atoms with E-state index < -0.39 is 12.1 Å². The van der Waals surface area contributed by atoms with Crippen LogP contribution in [0.3, 0.4) is 0 Å². The summed E-state index contributed by atoms with van der Waals surface area (Å²) in [5, 5.41) is 9.26. The normalized spacial score (nSPS) is 12.1. The molecule has 1 atom stereocenters. The van der Waals surface area contributed by atoms with Crippen molar-refractivity contribution in [1.82, 2.24) is 4.98 Å². The zero-order valence-corrected chi connectivity index (χ0v) is 12.8. The third kappa shape index (κ3) is 3.37. The Hall–Kier alpha value is -2.73. The van der Waals surface area contributed by atoms with Crippen LogP contribution in [0, 0.1) is 0 Å². The largest absolute Gasteiger partial charge is 0.479 e. The number of rotatable bonds is 5. The van der Waals surface area contributed by atoms with Gasteiger partial charge in [-0.3, -0.25) is 0 Å². The Morgan fingerprint density at radius 2 is 1.91 bits per heavy atom. The lowest BCUT2D eigenvalue weighted by atomic mass is 10.3. The first-order valence-corrected chi connectivity index (χ1v) is 7.13. The molecule has 1 aromatic heterocycles. The summed E-state index contributed by atoms with van der Waals surface area (Å²) < 4.78 is 16.2. The van der Waals surface area contributed by atoms with Crippen molar-refractivity contribution in [2.75, 3.05) is 0 Å². The fourth-order valence-electron chi connectivity index (χ4n) is 1.88. The molecule has 0 amide bonds. The number of carboxylic acid groups (broad SMARTS) is 1. The van der Waals surface area contributed by atoms with Crippen molar-refractivity contribution in [1.29, 1.82) is 0 Å². The van der Waals surface area contributed by atoms with E-state index in [1.54, 1.807) is 42.5 Å². The number of nitrogens with zero attached hydrogens (tertiary/aromatic N) is 1. The highest BCUT2D eigenvalue weighted by Crippen LogP contribution is 2.30. The highest BCUT2D eigenvalue weighted by molar-refractivity contribution is 6.34. The molecule has 3 rings (SSSR count). The van der Waals surface area contributed by atoms with Gasteiger partial charge in [-0.2, -0.15) is 4.98 Å². The molecule has 1 unspecified atom stereocenters. The molecular weight excluding hydrogens is 322 g/mol. The fourth-order valence-corrected chi connectivity index (χ4v) is 2.09. The summed E-state index contributed by atoms with van der Waals surface area (Å²) in [6, 6.07) is 11.7. The lowest BCUT2D eigenvalue weighted by Gasteiger charge is -2.10. The SMILES string of the molecule is CC(Oc1ccc(Oc2nc3cccc(Cl)c3o2)cc1)C(=O)O. The van der Waals surface area contributed by atoms with Crippen LogP contribution in [0.15, 0.2) is 46.9 Å². The number of aromatic nitrogens is 1. The van der Waals surface area contributed by atoms with Crippen LogP contribution in [0.4, 0.5) is 0 Å². The maximum Gasteiger partial charge on any atom is 0.400 e. The van der Waals surface area contributed by atoms with Crippen LogP contribution in [0.25, 0.3) is 11.1 Å². The molecule has 118 valence electrons. The van der Waals surface area contributed by atoms with E-state index >= 15 is 0 Å². The van der Waals surface area contributed by atoms with Crippen LogP contribution < -0.4 is 9.47 Å². The van der Waals surface area contributed by atoms with Crippen molar-refractivity contribution in [3.8, 4) is 17.6 Å². The van der Waals surface area contributed by atoms with Crippen molar-refractivity contribution in [2.24, 2.45) is 0 Å². The quantitative estimate of drug-likeness (QED) is 0.756. The fraction of sp³-hybridized carbons (Fsp3) is 0.125. The molecular formula is C16H12ClNO5. The highest BCUT2D eigenvalue weighted by Gasteiger charge is 2.13. The number of hydrogen-bond acceptors (Lipinski definition) is 5. The molecule has 23 heavy (non-hydrogen) atoms. The lowest BCUT2D eigenvalue weighted by molar-refractivity contribution is -0.144. The molecule has 6 nitrogen and oxygen atoms in total. The van der Waals surface area contributed by atoms with Gasteiger partial charge in [0.1, 0.15) is 17.0 Å². The predicted octanol–water partition coefficient (Wildman–Crippen LogP) is 4.13. The summed E-state index contributed by atoms with van der Waals surface area (Å²) >= 11 is 6.01. The minimum Gasteiger partial charge on any atom is -0.479 e. The number of para-hydroxylation sites is 1. The average molecular weight is 334 g/mol. The van der Waals surface area contributed by atoms with Gasteiger partial charge in [0.2, 0.25) is 0 Å². The third-order valence-electron chi connectivity index (χ3n) is 3.04. The van der Waals surface area contributed by atoms with Gasteiger partial charge in [-0.15, -0.1) is 0 Å². The van der Waals surface area contributed by atoms with E-state index in [1.807, 2.05) is 0 Å². The number of hydrogen-bond donors (Lipinski definition) is 1. The summed E-state index contributed by atoms with van der Waals surface area (Å²) in [6.45, 7) is 1.45. The predicted molar refractivity (Wildman–Crippen MR) is 83.3 cm³/mol. The summed E-state index contributed by atoms with van der Waals surface area (Å²) in [5.74, 6) is -0.135. The highest BCUT2D eigenvalue weighted by atomic mass is 35.5. The number of fused-ring (bicyclic) bond motifs is 1. The van der Waals surface area contributed by atoms with Gasteiger partial charge in [-0.05, 0) is 43.3 Å². The van der Waals surface area contributed by atoms with Gasteiger partial charge >= 0.3 is 12.0 Å². The Morgan fingerprint density at radius 1 is 1.22 bits per heavy atom. The van der Waals surface area contributed by atoms with Gasteiger partial charge < -0.3 is 19.0 Å². The van der Waals surface area contributed by atoms with Gasteiger partial charge in [0, 0.05) is 0 Å². The zero-order valence-electron chi connectivity index (χ0n) is 12.0. The molecule has 7 heteroatoms. The van der Waals surface area contributed by atoms with Gasteiger partial charge in [-0.25, -0.2) is 4.79 Å². The van der Waals surface area contributed by atoms with Crippen molar-refractivity contribution < 1.29 is 23.8 Å². The van der Waals surface area contributed by atoms with Crippen molar-refractivity contribution in [2.45, 2.75) is 13.0 Å². The number of benzene rings is 2. The minimum atomic E-state index is -1.03. The third-order valence-corrected chi connectivity index (χ3v) is 3.33. The van der Waals surface area contributed by atoms with E-state index in [2.05, 4.69) is 4.98 Å². The van der Waals surface area contributed by atoms with E-state index in [0.29, 0.717) is 27.6 Å². The minimum absolute atomic E-state index is 0.0701. The number of halogens is 1. The van der Waals surface area contributed by atoms with E-state index in [9.17, 15) is 4.79 Å². The molecule has 0 aliphatic rings.